The fraction of sp³-hybridized carbons (Fsp3) is 0.917. The number of carbonyl (C=O) groups excluding carboxylic acids is 1. The molecule has 2 aliphatic heterocycles. The number of aliphatic hydroxyl groups excluding tert-OH is 1. The highest BCUT2D eigenvalue weighted by Gasteiger charge is 2.30. The summed E-state index contributed by atoms with van der Waals surface area (Å²) in [5.74, 6) is 0.411. The summed E-state index contributed by atoms with van der Waals surface area (Å²) < 4.78 is 0. The van der Waals surface area contributed by atoms with Gasteiger partial charge in [-0.3, -0.25) is 4.79 Å². The van der Waals surface area contributed by atoms with Crippen molar-refractivity contribution in [3.05, 3.63) is 0 Å². The van der Waals surface area contributed by atoms with Crippen molar-refractivity contribution in [1.82, 2.24) is 9.80 Å². The Bertz CT molecular complexity index is 233. The molecule has 0 saturated carbocycles. The number of nitrogens with zero attached hydrogens (tertiary/aromatic N) is 2. The molecule has 0 bridgehead atoms. The summed E-state index contributed by atoms with van der Waals surface area (Å²) >= 11 is 0. The molecule has 2 atom stereocenters. The number of piperidine rings is 2. The van der Waals surface area contributed by atoms with Gasteiger partial charge in [-0.2, -0.15) is 0 Å². The van der Waals surface area contributed by atoms with Crippen LogP contribution in [0.15, 0.2) is 0 Å². The molecule has 2 fully saturated rings. The predicted molar refractivity (Wildman–Crippen MR) is 62.0 cm³/mol. The van der Waals surface area contributed by atoms with Gasteiger partial charge in [0.05, 0.1) is 12.0 Å². The fourth-order valence-corrected chi connectivity index (χ4v) is 2.78. The first-order valence-corrected chi connectivity index (χ1v) is 6.32. The normalized spacial score (nSPS) is 32.8. The molecule has 92 valence electrons. The van der Waals surface area contributed by atoms with Crippen molar-refractivity contribution in [3.63, 3.8) is 0 Å². The Morgan fingerprint density at radius 1 is 1.19 bits per heavy atom. The Balaban J connectivity index is 1.90. The molecule has 4 nitrogen and oxygen atoms in total. The minimum atomic E-state index is -0.306. The molecule has 1 N–H and O–H groups in total. The van der Waals surface area contributed by atoms with Gasteiger partial charge in [-0.1, -0.05) is 0 Å². The lowest BCUT2D eigenvalue weighted by Gasteiger charge is -2.36. The fourth-order valence-electron chi connectivity index (χ4n) is 2.78. The zero-order chi connectivity index (χ0) is 11.5. The van der Waals surface area contributed by atoms with Gasteiger partial charge in [-0.25, -0.2) is 0 Å². The lowest BCUT2D eigenvalue weighted by Crippen LogP contribution is -2.48. The van der Waals surface area contributed by atoms with E-state index < -0.39 is 0 Å². The molecule has 0 aliphatic carbocycles. The van der Waals surface area contributed by atoms with Gasteiger partial charge in [-0.05, 0) is 39.3 Å². The van der Waals surface area contributed by atoms with Gasteiger partial charge in [0.2, 0.25) is 5.91 Å². The molecule has 0 spiro atoms. The number of likely N-dealkylation sites (tertiary alicyclic amines) is 2. The molecule has 2 saturated heterocycles. The molecule has 16 heavy (non-hydrogen) atoms. The summed E-state index contributed by atoms with van der Waals surface area (Å²) in [4.78, 5) is 16.3. The highest BCUT2D eigenvalue weighted by Crippen LogP contribution is 2.20. The van der Waals surface area contributed by atoms with Crippen LogP contribution >= 0.6 is 0 Å². The predicted octanol–water partition coefficient (Wildman–Crippen LogP) is 0.311. The Labute approximate surface area is 97.2 Å². The average molecular weight is 226 g/mol. The largest absolute Gasteiger partial charge is 0.391 e. The van der Waals surface area contributed by atoms with Crippen LogP contribution in [-0.2, 0) is 4.79 Å². The quantitative estimate of drug-likeness (QED) is 0.700. The number of hydrogen-bond donors (Lipinski definition) is 1. The molecular weight excluding hydrogens is 204 g/mol. The van der Waals surface area contributed by atoms with Crippen molar-refractivity contribution in [2.45, 2.75) is 31.8 Å². The van der Waals surface area contributed by atoms with Crippen molar-refractivity contribution in [2.75, 3.05) is 33.2 Å². The van der Waals surface area contributed by atoms with E-state index in [-0.39, 0.29) is 17.9 Å². The van der Waals surface area contributed by atoms with Crippen molar-refractivity contribution in [1.29, 1.82) is 0 Å². The van der Waals surface area contributed by atoms with Gasteiger partial charge in [0, 0.05) is 19.6 Å². The van der Waals surface area contributed by atoms with E-state index in [2.05, 4.69) is 11.9 Å². The summed E-state index contributed by atoms with van der Waals surface area (Å²) in [6.07, 6.45) is 3.60. The molecule has 0 aromatic carbocycles. The first kappa shape index (κ1) is 11.9. The maximum absolute atomic E-state index is 12.2. The summed E-state index contributed by atoms with van der Waals surface area (Å²) in [5, 5.41) is 9.57. The summed E-state index contributed by atoms with van der Waals surface area (Å²) in [6, 6.07) is 0. The smallest absolute Gasteiger partial charge is 0.227 e. The van der Waals surface area contributed by atoms with E-state index in [0.717, 1.165) is 45.3 Å². The number of aliphatic hydroxyl groups is 1. The lowest BCUT2D eigenvalue weighted by atomic mass is 9.95. The third kappa shape index (κ3) is 2.74. The molecule has 0 unspecified atom stereocenters. The van der Waals surface area contributed by atoms with E-state index in [0.29, 0.717) is 6.54 Å². The maximum atomic E-state index is 12.2. The number of rotatable bonds is 1. The Kier molecular flexibility index (Phi) is 3.82. The maximum Gasteiger partial charge on any atom is 0.227 e. The average Bonchev–Trinajstić information content (AvgIpc) is 2.28. The second kappa shape index (κ2) is 5.15. The SMILES string of the molecule is CN1CCC[C@H](C(=O)N2CCC[C@@H](O)C2)C1. The monoisotopic (exact) mass is 226 g/mol. The number of carbonyl (C=O) groups is 1. The zero-order valence-electron chi connectivity index (χ0n) is 10.1. The van der Waals surface area contributed by atoms with Crippen molar-refractivity contribution in [3.8, 4) is 0 Å². The second-order valence-electron chi connectivity index (χ2n) is 5.18. The van der Waals surface area contributed by atoms with Crippen LogP contribution in [0.4, 0.5) is 0 Å². The number of hydrogen-bond acceptors (Lipinski definition) is 3. The summed E-state index contributed by atoms with van der Waals surface area (Å²) in [7, 11) is 2.07. The van der Waals surface area contributed by atoms with E-state index in [4.69, 9.17) is 0 Å². The molecule has 0 radical (unpaired) electrons. The highest BCUT2D eigenvalue weighted by molar-refractivity contribution is 5.79. The van der Waals surface area contributed by atoms with Gasteiger partial charge in [0.15, 0.2) is 0 Å². The second-order valence-corrected chi connectivity index (χ2v) is 5.18. The van der Waals surface area contributed by atoms with Crippen molar-refractivity contribution < 1.29 is 9.90 Å². The molecular formula is C12H22N2O2. The third-order valence-electron chi connectivity index (χ3n) is 3.68. The van der Waals surface area contributed by atoms with Crippen LogP contribution in [0, 0.1) is 5.92 Å². The van der Waals surface area contributed by atoms with E-state index in [1.165, 1.54) is 0 Å². The van der Waals surface area contributed by atoms with Gasteiger partial charge >= 0.3 is 0 Å². The zero-order valence-corrected chi connectivity index (χ0v) is 10.1. The molecule has 2 rings (SSSR count). The standard InChI is InChI=1S/C12H22N2O2/c1-13-6-2-4-10(8-13)12(16)14-7-3-5-11(15)9-14/h10-11,15H,2-9H2,1H3/t10-,11+/m0/s1. The van der Waals surface area contributed by atoms with E-state index >= 15 is 0 Å². The topological polar surface area (TPSA) is 43.8 Å². The molecule has 0 aromatic heterocycles. The van der Waals surface area contributed by atoms with Crippen LogP contribution in [0.3, 0.4) is 0 Å². The van der Waals surface area contributed by atoms with Crippen LogP contribution in [0.25, 0.3) is 0 Å². The molecule has 2 heterocycles. The third-order valence-corrected chi connectivity index (χ3v) is 3.68. The first-order valence-electron chi connectivity index (χ1n) is 6.32. The van der Waals surface area contributed by atoms with Crippen LogP contribution in [0.5, 0.6) is 0 Å². The highest BCUT2D eigenvalue weighted by atomic mass is 16.3. The van der Waals surface area contributed by atoms with Crippen LogP contribution in [0.2, 0.25) is 0 Å². The van der Waals surface area contributed by atoms with Gasteiger partial charge in [0.25, 0.3) is 0 Å². The minimum Gasteiger partial charge on any atom is -0.391 e. The van der Waals surface area contributed by atoms with Crippen LogP contribution < -0.4 is 0 Å². The van der Waals surface area contributed by atoms with Crippen LogP contribution in [0.1, 0.15) is 25.7 Å². The lowest BCUT2D eigenvalue weighted by molar-refractivity contribution is -0.140. The Morgan fingerprint density at radius 2 is 1.94 bits per heavy atom. The van der Waals surface area contributed by atoms with Gasteiger partial charge in [0.1, 0.15) is 0 Å². The Hall–Kier alpha value is -0.610. The van der Waals surface area contributed by atoms with E-state index in [9.17, 15) is 9.90 Å². The van der Waals surface area contributed by atoms with E-state index in [1.54, 1.807) is 0 Å². The molecule has 2 aliphatic rings. The summed E-state index contributed by atoms with van der Waals surface area (Å²) in [5.41, 5.74) is 0. The van der Waals surface area contributed by atoms with Crippen molar-refractivity contribution >= 4 is 5.91 Å². The van der Waals surface area contributed by atoms with Crippen molar-refractivity contribution in [2.24, 2.45) is 5.92 Å². The molecule has 1 amide bonds. The van der Waals surface area contributed by atoms with Gasteiger partial charge in [-0.15, -0.1) is 0 Å². The Morgan fingerprint density at radius 3 is 2.62 bits per heavy atom. The minimum absolute atomic E-state index is 0.157. The molecule has 0 aromatic rings. The van der Waals surface area contributed by atoms with Crippen LogP contribution in [-0.4, -0.2) is 60.1 Å². The van der Waals surface area contributed by atoms with Gasteiger partial charge < -0.3 is 14.9 Å². The number of β-amino-alcohol motifs (C(OH)–C–C–N with tert-alkyl or cyclic N) is 1. The molecule has 4 heteroatoms. The summed E-state index contributed by atoms with van der Waals surface area (Å²) in [6.45, 7) is 3.35. The van der Waals surface area contributed by atoms with E-state index in [1.807, 2.05) is 4.90 Å². The first-order chi connectivity index (χ1) is 7.66. The number of amides is 1.